The van der Waals surface area contributed by atoms with Crippen LogP contribution in [0.3, 0.4) is 0 Å². The number of rotatable bonds is 7. The molecule has 6 heteroatoms. The van der Waals surface area contributed by atoms with Gasteiger partial charge in [-0.1, -0.05) is 48.2 Å². The summed E-state index contributed by atoms with van der Waals surface area (Å²) < 4.78 is 5.71. The molecule has 0 saturated carbocycles. The molecule has 0 fully saturated rings. The van der Waals surface area contributed by atoms with Gasteiger partial charge in [-0.15, -0.1) is 0 Å². The van der Waals surface area contributed by atoms with Crippen LogP contribution in [0, 0.1) is 11.3 Å². The second-order valence-electron chi connectivity index (χ2n) is 5.46. The molecule has 5 nitrogen and oxygen atoms in total. The molecule has 2 atom stereocenters. The molecule has 2 aromatic rings. The lowest BCUT2D eigenvalue weighted by atomic mass is 10.0. The van der Waals surface area contributed by atoms with E-state index in [0.29, 0.717) is 16.9 Å². The zero-order chi connectivity index (χ0) is 18.2. The van der Waals surface area contributed by atoms with Gasteiger partial charge >= 0.3 is 0 Å². The number of aliphatic hydroxyl groups excluding tert-OH is 2. The summed E-state index contributed by atoms with van der Waals surface area (Å²) in [5, 5.41) is 29.4. The molecule has 2 aromatic carbocycles. The van der Waals surface area contributed by atoms with Crippen molar-refractivity contribution >= 4 is 16.9 Å². The van der Waals surface area contributed by atoms with E-state index in [4.69, 9.17) is 4.74 Å². The van der Waals surface area contributed by atoms with Gasteiger partial charge in [0.2, 0.25) is 0 Å². The largest absolute Gasteiger partial charge is 0.488 e. The number of hydrogen-bond acceptors (Lipinski definition) is 6. The smallest absolute Gasteiger partial charge is 0.185 e. The summed E-state index contributed by atoms with van der Waals surface area (Å²) in [6, 6.07) is 16.2. The Morgan fingerprint density at radius 1 is 1.24 bits per heavy atom. The predicted octanol–water partition coefficient (Wildman–Crippen LogP) is 2.81. The Labute approximate surface area is 150 Å². The van der Waals surface area contributed by atoms with Crippen molar-refractivity contribution in [3.05, 3.63) is 65.2 Å². The fourth-order valence-corrected chi connectivity index (χ4v) is 2.77. The number of carbonyl (C=O) groups is 1. The van der Waals surface area contributed by atoms with Gasteiger partial charge in [-0.05, 0) is 23.3 Å². The van der Waals surface area contributed by atoms with Crippen LogP contribution >= 0.6 is 11.8 Å². The first-order valence-electron chi connectivity index (χ1n) is 7.71. The maximum Gasteiger partial charge on any atom is 0.185 e. The summed E-state index contributed by atoms with van der Waals surface area (Å²) in [5.41, 5.74) is 1.73. The minimum absolute atomic E-state index is 0.0940. The van der Waals surface area contributed by atoms with E-state index in [2.05, 4.69) is 0 Å². The van der Waals surface area contributed by atoms with Gasteiger partial charge in [0, 0.05) is 12.7 Å². The van der Waals surface area contributed by atoms with Gasteiger partial charge < -0.3 is 14.9 Å². The summed E-state index contributed by atoms with van der Waals surface area (Å²) in [5.74, 6) is 0.436. The minimum Gasteiger partial charge on any atom is -0.488 e. The van der Waals surface area contributed by atoms with E-state index in [-0.39, 0.29) is 17.5 Å². The number of carbonyl (C=O) groups excluding carboxylic acids is 1. The molecule has 0 bridgehead atoms. The van der Waals surface area contributed by atoms with Gasteiger partial charge in [0.05, 0.1) is 11.7 Å². The summed E-state index contributed by atoms with van der Waals surface area (Å²) in [4.78, 5) is 11.0. The third-order valence-electron chi connectivity index (χ3n) is 3.53. The molecule has 0 spiro atoms. The molecule has 0 amide bonds. The van der Waals surface area contributed by atoms with Gasteiger partial charge in [-0.25, -0.2) is 0 Å². The molecular weight excluding hydrogens is 338 g/mol. The van der Waals surface area contributed by atoms with Crippen LogP contribution in [0.25, 0.3) is 0 Å². The molecule has 0 heterocycles. The fraction of sp³-hybridized carbons (Fsp3) is 0.263. The Morgan fingerprint density at radius 3 is 2.60 bits per heavy atom. The van der Waals surface area contributed by atoms with Crippen LogP contribution in [0.2, 0.25) is 0 Å². The standard InChI is InChI=1S/C19H19NO4S/c1-13(21)25-12-17(22)19(23)15-7-8-16(10-20)18(9-15)24-11-14-5-3-2-4-6-14/h2-9,17,19,22-23H,11-12H2,1H3. The Hall–Kier alpha value is -2.33. The number of nitrogens with zero attached hydrogens (tertiary/aromatic N) is 1. The molecule has 0 aliphatic heterocycles. The Balaban J connectivity index is 2.12. The molecule has 0 radical (unpaired) electrons. The zero-order valence-corrected chi connectivity index (χ0v) is 14.6. The molecule has 0 saturated heterocycles. The Bertz CT molecular complexity index is 758. The number of nitriles is 1. The first kappa shape index (κ1) is 19.0. The highest BCUT2D eigenvalue weighted by atomic mass is 32.2. The summed E-state index contributed by atoms with van der Waals surface area (Å²) >= 11 is 0.949. The third-order valence-corrected chi connectivity index (χ3v) is 4.44. The van der Waals surface area contributed by atoms with Crippen LogP contribution in [0.15, 0.2) is 48.5 Å². The lowest BCUT2D eigenvalue weighted by molar-refractivity contribution is -0.109. The van der Waals surface area contributed by atoms with Crippen LogP contribution in [0.4, 0.5) is 0 Å². The van der Waals surface area contributed by atoms with Crippen LogP contribution in [0.5, 0.6) is 5.75 Å². The van der Waals surface area contributed by atoms with E-state index < -0.39 is 12.2 Å². The van der Waals surface area contributed by atoms with Crippen molar-refractivity contribution < 1.29 is 19.7 Å². The molecule has 130 valence electrons. The van der Waals surface area contributed by atoms with Crippen LogP contribution in [0.1, 0.15) is 29.7 Å². The maximum atomic E-state index is 11.0. The van der Waals surface area contributed by atoms with Crippen molar-refractivity contribution in [2.45, 2.75) is 25.7 Å². The summed E-state index contributed by atoms with van der Waals surface area (Å²) in [6.07, 6.45) is -2.26. The van der Waals surface area contributed by atoms with Crippen molar-refractivity contribution in [3.8, 4) is 11.8 Å². The lowest BCUT2D eigenvalue weighted by Gasteiger charge is -2.18. The van der Waals surface area contributed by atoms with Gasteiger partial charge in [-0.2, -0.15) is 5.26 Å². The van der Waals surface area contributed by atoms with E-state index in [1.54, 1.807) is 18.2 Å². The zero-order valence-electron chi connectivity index (χ0n) is 13.8. The quantitative estimate of drug-likeness (QED) is 0.792. The first-order chi connectivity index (χ1) is 12.0. The van der Waals surface area contributed by atoms with Gasteiger partial charge in [0.15, 0.2) is 5.12 Å². The highest BCUT2D eigenvalue weighted by molar-refractivity contribution is 8.13. The minimum atomic E-state index is -1.17. The molecule has 2 N–H and O–H groups in total. The predicted molar refractivity (Wildman–Crippen MR) is 96.0 cm³/mol. The second kappa shape index (κ2) is 9.23. The molecule has 2 unspecified atom stereocenters. The van der Waals surface area contributed by atoms with Crippen molar-refractivity contribution in [1.82, 2.24) is 0 Å². The molecule has 2 rings (SSSR count). The molecule has 0 aliphatic carbocycles. The van der Waals surface area contributed by atoms with Crippen LogP contribution in [-0.2, 0) is 11.4 Å². The highest BCUT2D eigenvalue weighted by Crippen LogP contribution is 2.27. The van der Waals surface area contributed by atoms with E-state index >= 15 is 0 Å². The molecule has 0 aromatic heterocycles. The van der Waals surface area contributed by atoms with Crippen LogP contribution < -0.4 is 4.74 Å². The average molecular weight is 357 g/mol. The highest BCUT2D eigenvalue weighted by Gasteiger charge is 2.20. The van der Waals surface area contributed by atoms with Crippen molar-refractivity contribution in [1.29, 1.82) is 5.26 Å². The SMILES string of the molecule is CC(=O)SCC(O)C(O)c1ccc(C#N)c(OCc2ccccc2)c1. The molecule has 25 heavy (non-hydrogen) atoms. The van der Waals surface area contributed by atoms with Crippen molar-refractivity contribution in [2.75, 3.05) is 5.75 Å². The number of benzene rings is 2. The number of thioether (sulfide) groups is 1. The van der Waals surface area contributed by atoms with Gasteiger partial charge in [0.25, 0.3) is 0 Å². The monoisotopic (exact) mass is 357 g/mol. The van der Waals surface area contributed by atoms with E-state index in [0.717, 1.165) is 17.3 Å². The normalized spacial score (nSPS) is 12.9. The maximum absolute atomic E-state index is 11.0. The third kappa shape index (κ3) is 5.61. The van der Waals surface area contributed by atoms with Gasteiger partial charge in [0.1, 0.15) is 24.5 Å². The summed E-state index contributed by atoms with van der Waals surface area (Å²) in [6.45, 7) is 1.69. The van der Waals surface area contributed by atoms with Crippen molar-refractivity contribution in [2.24, 2.45) is 0 Å². The van der Waals surface area contributed by atoms with Crippen LogP contribution in [-0.4, -0.2) is 27.2 Å². The Morgan fingerprint density at radius 2 is 1.96 bits per heavy atom. The first-order valence-corrected chi connectivity index (χ1v) is 8.70. The lowest BCUT2D eigenvalue weighted by Crippen LogP contribution is -2.21. The van der Waals surface area contributed by atoms with E-state index in [1.807, 2.05) is 36.4 Å². The average Bonchev–Trinajstić information content (AvgIpc) is 2.64. The number of ether oxygens (including phenoxy) is 1. The van der Waals surface area contributed by atoms with E-state index in [1.165, 1.54) is 6.92 Å². The van der Waals surface area contributed by atoms with E-state index in [9.17, 15) is 20.3 Å². The fourth-order valence-electron chi connectivity index (χ4n) is 2.19. The van der Waals surface area contributed by atoms with Crippen molar-refractivity contribution in [3.63, 3.8) is 0 Å². The molecule has 0 aliphatic rings. The number of hydrogen-bond donors (Lipinski definition) is 2. The second-order valence-corrected chi connectivity index (χ2v) is 6.65. The van der Waals surface area contributed by atoms with Gasteiger partial charge in [-0.3, -0.25) is 4.79 Å². The number of aliphatic hydroxyl groups is 2. The summed E-state index contributed by atoms with van der Waals surface area (Å²) in [7, 11) is 0. The Kier molecular flexibility index (Phi) is 7.02. The molecular formula is C19H19NO4S. The topological polar surface area (TPSA) is 90.5 Å².